The van der Waals surface area contributed by atoms with Gasteiger partial charge in [-0.2, -0.15) is 0 Å². The van der Waals surface area contributed by atoms with E-state index in [0.29, 0.717) is 12.1 Å². The average Bonchev–Trinajstić information content (AvgIpc) is 2.18. The van der Waals surface area contributed by atoms with E-state index in [4.69, 9.17) is 0 Å². The topological polar surface area (TPSA) is 32.3 Å². The van der Waals surface area contributed by atoms with Crippen LogP contribution in [0.4, 0.5) is 0 Å². The molecule has 3 atom stereocenters. The lowest BCUT2D eigenvalue weighted by molar-refractivity contribution is 0.0850. The van der Waals surface area contributed by atoms with E-state index < -0.39 is 0 Å². The highest BCUT2D eigenvalue weighted by molar-refractivity contribution is 4.82. The fourth-order valence-electron chi connectivity index (χ4n) is 2.34. The van der Waals surface area contributed by atoms with Gasteiger partial charge in [0.2, 0.25) is 0 Å². The number of nitrogens with one attached hydrogen (secondary N) is 1. The molecule has 1 rings (SSSR count). The Morgan fingerprint density at radius 1 is 1.13 bits per heavy atom. The van der Waals surface area contributed by atoms with E-state index in [1.807, 2.05) is 0 Å². The van der Waals surface area contributed by atoms with Crippen LogP contribution in [0.25, 0.3) is 0 Å². The Morgan fingerprint density at radius 2 is 1.80 bits per heavy atom. The first-order valence-corrected chi connectivity index (χ1v) is 6.53. The van der Waals surface area contributed by atoms with Crippen LogP contribution < -0.4 is 5.32 Å². The van der Waals surface area contributed by atoms with Crippen molar-refractivity contribution in [3.8, 4) is 0 Å². The van der Waals surface area contributed by atoms with Crippen molar-refractivity contribution in [3.63, 3.8) is 0 Å². The van der Waals surface area contributed by atoms with Crippen LogP contribution in [0.5, 0.6) is 0 Å². The molecule has 0 aliphatic heterocycles. The monoisotopic (exact) mass is 213 g/mol. The number of hydrogen-bond donors (Lipinski definition) is 2. The van der Waals surface area contributed by atoms with Crippen molar-refractivity contribution in [1.82, 2.24) is 5.32 Å². The van der Waals surface area contributed by atoms with Gasteiger partial charge in [-0.05, 0) is 38.5 Å². The first kappa shape index (κ1) is 13.0. The van der Waals surface area contributed by atoms with Gasteiger partial charge in [-0.3, -0.25) is 0 Å². The first-order valence-electron chi connectivity index (χ1n) is 6.53. The number of aliphatic hydroxyl groups excluding tert-OH is 1. The van der Waals surface area contributed by atoms with Crippen molar-refractivity contribution in [1.29, 1.82) is 0 Å². The Kier molecular flexibility index (Phi) is 5.62. The summed E-state index contributed by atoms with van der Waals surface area (Å²) in [5.74, 6) is 0.783. The second-order valence-corrected chi connectivity index (χ2v) is 5.50. The minimum atomic E-state index is -0.111. The summed E-state index contributed by atoms with van der Waals surface area (Å²) < 4.78 is 0. The van der Waals surface area contributed by atoms with Gasteiger partial charge in [0.1, 0.15) is 0 Å². The lowest BCUT2D eigenvalue weighted by Crippen LogP contribution is -2.46. The van der Waals surface area contributed by atoms with Gasteiger partial charge < -0.3 is 10.4 Å². The molecule has 0 aromatic rings. The third-order valence-electron chi connectivity index (χ3n) is 3.41. The smallest absolute Gasteiger partial charge is 0.0693 e. The van der Waals surface area contributed by atoms with E-state index in [-0.39, 0.29) is 6.10 Å². The van der Waals surface area contributed by atoms with E-state index in [1.54, 1.807) is 0 Å². The third kappa shape index (κ3) is 4.98. The molecule has 0 saturated heterocycles. The van der Waals surface area contributed by atoms with Gasteiger partial charge in [0.25, 0.3) is 0 Å². The molecular formula is C13H27NO. The largest absolute Gasteiger partial charge is 0.392 e. The van der Waals surface area contributed by atoms with Crippen molar-refractivity contribution in [3.05, 3.63) is 0 Å². The maximum atomic E-state index is 9.83. The Hall–Kier alpha value is -0.0800. The zero-order valence-corrected chi connectivity index (χ0v) is 10.5. The van der Waals surface area contributed by atoms with Crippen molar-refractivity contribution in [2.24, 2.45) is 5.92 Å². The molecule has 2 nitrogen and oxygen atoms in total. The van der Waals surface area contributed by atoms with E-state index in [2.05, 4.69) is 26.1 Å². The molecule has 1 fully saturated rings. The molecule has 0 heterocycles. The second-order valence-electron chi connectivity index (χ2n) is 5.50. The van der Waals surface area contributed by atoms with Gasteiger partial charge in [0.05, 0.1) is 6.10 Å². The zero-order valence-electron chi connectivity index (χ0n) is 10.5. The molecule has 0 aromatic heterocycles. The summed E-state index contributed by atoms with van der Waals surface area (Å²) >= 11 is 0. The first-order chi connectivity index (χ1) is 7.09. The summed E-state index contributed by atoms with van der Waals surface area (Å²) in [5, 5.41) is 13.4. The Labute approximate surface area is 94.5 Å². The maximum Gasteiger partial charge on any atom is 0.0693 e. The van der Waals surface area contributed by atoms with Crippen molar-refractivity contribution in [2.75, 3.05) is 0 Å². The van der Waals surface area contributed by atoms with Crippen LogP contribution in [-0.2, 0) is 0 Å². The van der Waals surface area contributed by atoms with E-state index >= 15 is 0 Å². The predicted octanol–water partition coefficient (Wildman–Crippen LogP) is 2.70. The molecular weight excluding hydrogens is 186 g/mol. The van der Waals surface area contributed by atoms with Crippen molar-refractivity contribution in [2.45, 2.75) is 77.5 Å². The average molecular weight is 213 g/mol. The standard InChI is InChI=1S/C13H27NO/c1-10(2)8-9-11(3)14-12-6-4-5-7-13(12)15/h10-15H,4-9H2,1-3H3. The minimum absolute atomic E-state index is 0.111. The van der Waals surface area contributed by atoms with Crippen LogP contribution >= 0.6 is 0 Å². The van der Waals surface area contributed by atoms with Gasteiger partial charge in [-0.1, -0.05) is 26.7 Å². The fourth-order valence-corrected chi connectivity index (χ4v) is 2.34. The van der Waals surface area contributed by atoms with Gasteiger partial charge >= 0.3 is 0 Å². The van der Waals surface area contributed by atoms with E-state index in [9.17, 15) is 5.11 Å². The molecule has 2 N–H and O–H groups in total. The summed E-state index contributed by atoms with van der Waals surface area (Å²) in [6.07, 6.45) is 6.98. The van der Waals surface area contributed by atoms with E-state index in [1.165, 1.54) is 25.7 Å². The molecule has 90 valence electrons. The zero-order chi connectivity index (χ0) is 11.3. The Morgan fingerprint density at radius 3 is 2.40 bits per heavy atom. The molecule has 1 saturated carbocycles. The molecule has 1 aliphatic carbocycles. The molecule has 0 bridgehead atoms. The molecule has 3 unspecified atom stereocenters. The molecule has 0 amide bonds. The number of aliphatic hydroxyl groups is 1. The molecule has 0 spiro atoms. The van der Waals surface area contributed by atoms with Gasteiger partial charge in [0.15, 0.2) is 0 Å². The van der Waals surface area contributed by atoms with Crippen molar-refractivity contribution >= 4 is 0 Å². The van der Waals surface area contributed by atoms with Crippen molar-refractivity contribution < 1.29 is 5.11 Å². The van der Waals surface area contributed by atoms with Gasteiger partial charge in [-0.15, -0.1) is 0 Å². The highest BCUT2D eigenvalue weighted by atomic mass is 16.3. The summed E-state index contributed by atoms with van der Waals surface area (Å²) in [4.78, 5) is 0. The Balaban J connectivity index is 2.20. The maximum absolute atomic E-state index is 9.83. The van der Waals surface area contributed by atoms with Crippen LogP contribution in [0.1, 0.15) is 59.3 Å². The molecule has 1 aliphatic rings. The van der Waals surface area contributed by atoms with Crippen LogP contribution in [-0.4, -0.2) is 23.3 Å². The lowest BCUT2D eigenvalue weighted by Gasteiger charge is -2.31. The number of hydrogen-bond acceptors (Lipinski definition) is 2. The van der Waals surface area contributed by atoms with Gasteiger partial charge in [-0.25, -0.2) is 0 Å². The molecule has 0 radical (unpaired) electrons. The lowest BCUT2D eigenvalue weighted by atomic mass is 9.91. The Bertz CT molecular complexity index is 170. The van der Waals surface area contributed by atoms with E-state index in [0.717, 1.165) is 18.8 Å². The second kappa shape index (κ2) is 6.49. The minimum Gasteiger partial charge on any atom is -0.392 e. The van der Waals surface area contributed by atoms with Gasteiger partial charge in [0, 0.05) is 12.1 Å². The SMILES string of the molecule is CC(C)CCC(C)NC1CCCCC1O. The highest BCUT2D eigenvalue weighted by Gasteiger charge is 2.23. The van der Waals surface area contributed by atoms with Crippen LogP contribution in [0.15, 0.2) is 0 Å². The summed E-state index contributed by atoms with van der Waals surface area (Å²) in [6.45, 7) is 6.77. The van der Waals surface area contributed by atoms with Crippen LogP contribution in [0.3, 0.4) is 0 Å². The normalized spacial score (nSPS) is 29.4. The summed E-state index contributed by atoms with van der Waals surface area (Å²) in [5.41, 5.74) is 0. The van der Waals surface area contributed by atoms with Crippen LogP contribution in [0, 0.1) is 5.92 Å². The summed E-state index contributed by atoms with van der Waals surface area (Å²) in [7, 11) is 0. The third-order valence-corrected chi connectivity index (χ3v) is 3.41. The predicted molar refractivity (Wildman–Crippen MR) is 64.9 cm³/mol. The van der Waals surface area contributed by atoms with Crippen LogP contribution in [0.2, 0.25) is 0 Å². The highest BCUT2D eigenvalue weighted by Crippen LogP contribution is 2.19. The molecule has 2 heteroatoms. The summed E-state index contributed by atoms with van der Waals surface area (Å²) in [6, 6.07) is 0.895. The fraction of sp³-hybridized carbons (Fsp3) is 1.00. The quantitative estimate of drug-likeness (QED) is 0.736. The molecule has 15 heavy (non-hydrogen) atoms. The molecule has 0 aromatic carbocycles. The number of rotatable bonds is 5.